The number of nitrogens with zero attached hydrogens (tertiary/aromatic N) is 1. The van der Waals surface area contributed by atoms with Gasteiger partial charge < -0.3 is 5.73 Å². The normalized spacial score (nSPS) is 12.2. The molecule has 2 N–H and O–H groups in total. The summed E-state index contributed by atoms with van der Waals surface area (Å²) >= 11 is 0. The van der Waals surface area contributed by atoms with Gasteiger partial charge in [-0.3, -0.25) is 0 Å². The smallest absolute Gasteiger partial charge is 0.156 e. The molecule has 0 aliphatic heterocycles. The van der Waals surface area contributed by atoms with E-state index < -0.39 is 15.4 Å². The van der Waals surface area contributed by atoms with Crippen LogP contribution in [0.5, 0.6) is 0 Å². The molecule has 0 saturated carbocycles. The maximum atomic E-state index is 12.0. The van der Waals surface area contributed by atoms with Crippen molar-refractivity contribution in [2.45, 2.75) is 32.1 Å². The van der Waals surface area contributed by atoms with Crippen LogP contribution in [0.25, 0.3) is 0 Å². The van der Waals surface area contributed by atoms with Gasteiger partial charge in [0.05, 0.1) is 23.1 Å². The molecule has 0 aliphatic carbocycles. The molecular weight excluding hydrogens is 248 g/mol. The van der Waals surface area contributed by atoms with Gasteiger partial charge in [-0.25, -0.2) is 8.42 Å². The summed E-state index contributed by atoms with van der Waals surface area (Å²) in [5.74, 6) is -0.0926. The van der Waals surface area contributed by atoms with Crippen LogP contribution >= 0.6 is 0 Å². The van der Waals surface area contributed by atoms with Crippen LogP contribution in [-0.2, 0) is 15.6 Å². The highest BCUT2D eigenvalue weighted by molar-refractivity contribution is 7.90. The summed E-state index contributed by atoms with van der Waals surface area (Å²) in [5.41, 5.74) is 7.07. The van der Waals surface area contributed by atoms with Gasteiger partial charge in [-0.1, -0.05) is 6.07 Å². The van der Waals surface area contributed by atoms with Crippen molar-refractivity contribution in [2.75, 3.05) is 5.75 Å². The Hall–Kier alpha value is -1.38. The van der Waals surface area contributed by atoms with Crippen LogP contribution < -0.4 is 5.73 Å². The van der Waals surface area contributed by atoms with Gasteiger partial charge in [0.25, 0.3) is 0 Å². The van der Waals surface area contributed by atoms with Gasteiger partial charge in [-0.2, -0.15) is 5.26 Å². The summed E-state index contributed by atoms with van der Waals surface area (Å²) < 4.78 is 24.0. The molecular formula is C13H18N2O2S. The van der Waals surface area contributed by atoms with Crippen molar-refractivity contribution < 1.29 is 8.42 Å². The van der Waals surface area contributed by atoms with E-state index >= 15 is 0 Å². The maximum absolute atomic E-state index is 12.0. The van der Waals surface area contributed by atoms with Crippen molar-refractivity contribution in [2.24, 2.45) is 5.73 Å². The molecule has 0 spiro atoms. The predicted molar refractivity (Wildman–Crippen MR) is 71.7 cm³/mol. The van der Waals surface area contributed by atoms with Gasteiger partial charge in [-0.15, -0.1) is 0 Å². The SMILES string of the molecule is Cc1cc(C#N)ccc1CS(=O)(=O)CC(C)(C)N. The van der Waals surface area contributed by atoms with Crippen molar-refractivity contribution in [1.82, 2.24) is 0 Å². The molecule has 0 saturated heterocycles. The number of hydrogen-bond acceptors (Lipinski definition) is 4. The molecule has 0 heterocycles. The minimum absolute atomic E-state index is 0.0365. The fourth-order valence-corrected chi connectivity index (χ4v) is 3.82. The summed E-state index contributed by atoms with van der Waals surface area (Å²) in [6.45, 7) is 5.19. The lowest BCUT2D eigenvalue weighted by Crippen LogP contribution is -2.40. The average Bonchev–Trinajstić information content (AvgIpc) is 2.17. The quantitative estimate of drug-likeness (QED) is 0.895. The zero-order valence-corrected chi connectivity index (χ0v) is 11.7. The highest BCUT2D eigenvalue weighted by Gasteiger charge is 2.22. The molecule has 0 atom stereocenters. The molecule has 0 amide bonds. The van der Waals surface area contributed by atoms with Crippen LogP contribution in [0.2, 0.25) is 0 Å². The van der Waals surface area contributed by atoms with Gasteiger partial charge in [0.2, 0.25) is 0 Å². The van der Waals surface area contributed by atoms with Crippen molar-refractivity contribution in [3.8, 4) is 6.07 Å². The Morgan fingerprint density at radius 2 is 2.00 bits per heavy atom. The molecule has 98 valence electrons. The number of hydrogen-bond donors (Lipinski definition) is 1. The second-order valence-corrected chi connectivity index (χ2v) is 7.34. The lowest BCUT2D eigenvalue weighted by molar-refractivity contribution is 0.544. The van der Waals surface area contributed by atoms with E-state index in [4.69, 9.17) is 11.0 Å². The molecule has 18 heavy (non-hydrogen) atoms. The monoisotopic (exact) mass is 266 g/mol. The Labute approximate surface area is 108 Å². The van der Waals surface area contributed by atoms with Crippen LogP contribution in [0.4, 0.5) is 0 Å². The molecule has 0 bridgehead atoms. The third-order valence-corrected chi connectivity index (χ3v) is 4.37. The maximum Gasteiger partial charge on any atom is 0.156 e. The first-order chi connectivity index (χ1) is 8.13. The largest absolute Gasteiger partial charge is 0.325 e. The van der Waals surface area contributed by atoms with E-state index in [2.05, 4.69) is 0 Å². The Bertz CT molecular complexity index is 578. The minimum Gasteiger partial charge on any atom is -0.325 e. The predicted octanol–water partition coefficient (Wildman–Crippen LogP) is 1.52. The van der Waals surface area contributed by atoms with Crippen molar-refractivity contribution >= 4 is 9.84 Å². The molecule has 0 fully saturated rings. The average molecular weight is 266 g/mol. The number of rotatable bonds is 4. The molecule has 1 aromatic rings. The minimum atomic E-state index is -3.24. The van der Waals surface area contributed by atoms with Crippen LogP contribution in [-0.4, -0.2) is 19.7 Å². The topological polar surface area (TPSA) is 84.0 Å². The highest BCUT2D eigenvalue weighted by atomic mass is 32.2. The van der Waals surface area contributed by atoms with Gasteiger partial charge >= 0.3 is 0 Å². The van der Waals surface area contributed by atoms with E-state index in [1.165, 1.54) is 0 Å². The first kappa shape index (κ1) is 14.7. The number of aryl methyl sites for hydroxylation is 1. The summed E-state index contributed by atoms with van der Waals surface area (Å²) in [7, 11) is -3.24. The Morgan fingerprint density at radius 1 is 1.39 bits per heavy atom. The third kappa shape index (κ3) is 4.47. The van der Waals surface area contributed by atoms with Gasteiger partial charge in [0.1, 0.15) is 0 Å². The van der Waals surface area contributed by atoms with Crippen LogP contribution in [0, 0.1) is 18.3 Å². The van der Waals surface area contributed by atoms with E-state index in [1.807, 2.05) is 6.07 Å². The van der Waals surface area contributed by atoms with E-state index in [9.17, 15) is 8.42 Å². The summed E-state index contributed by atoms with van der Waals surface area (Å²) in [6, 6.07) is 7.04. The van der Waals surface area contributed by atoms with E-state index in [1.54, 1.807) is 39.0 Å². The van der Waals surface area contributed by atoms with Crippen molar-refractivity contribution in [3.05, 3.63) is 34.9 Å². The lowest BCUT2D eigenvalue weighted by Gasteiger charge is -2.18. The molecule has 5 heteroatoms. The van der Waals surface area contributed by atoms with Crippen LogP contribution in [0.3, 0.4) is 0 Å². The number of sulfone groups is 1. The molecule has 0 aliphatic rings. The number of nitriles is 1. The first-order valence-corrected chi connectivity index (χ1v) is 7.44. The fraction of sp³-hybridized carbons (Fsp3) is 0.462. The molecule has 4 nitrogen and oxygen atoms in total. The summed E-state index contributed by atoms with van der Waals surface area (Å²) in [6.07, 6.45) is 0. The van der Waals surface area contributed by atoms with Gasteiger partial charge in [-0.05, 0) is 44.0 Å². The lowest BCUT2D eigenvalue weighted by atomic mass is 10.1. The number of nitrogens with two attached hydrogens (primary N) is 1. The molecule has 0 aromatic heterocycles. The second kappa shape index (κ2) is 5.09. The molecule has 0 unspecified atom stereocenters. The molecule has 0 radical (unpaired) electrons. The van der Waals surface area contributed by atoms with Gasteiger partial charge in [0.15, 0.2) is 9.84 Å². The first-order valence-electron chi connectivity index (χ1n) is 5.62. The number of benzene rings is 1. The zero-order chi connectivity index (χ0) is 14.0. The highest BCUT2D eigenvalue weighted by Crippen LogP contribution is 2.16. The third-order valence-electron chi connectivity index (χ3n) is 2.44. The second-order valence-electron chi connectivity index (χ2n) is 5.27. The van der Waals surface area contributed by atoms with E-state index in [0.717, 1.165) is 11.1 Å². The molecule has 1 aromatic carbocycles. The van der Waals surface area contributed by atoms with Crippen molar-refractivity contribution in [1.29, 1.82) is 5.26 Å². The Balaban J connectivity index is 2.96. The van der Waals surface area contributed by atoms with E-state index in [0.29, 0.717) is 5.56 Å². The fourth-order valence-electron chi connectivity index (χ4n) is 1.78. The Morgan fingerprint density at radius 3 is 2.44 bits per heavy atom. The van der Waals surface area contributed by atoms with Crippen LogP contribution in [0.1, 0.15) is 30.5 Å². The summed E-state index contributed by atoms with van der Waals surface area (Å²) in [4.78, 5) is 0. The van der Waals surface area contributed by atoms with Crippen molar-refractivity contribution in [3.63, 3.8) is 0 Å². The summed E-state index contributed by atoms with van der Waals surface area (Å²) in [5, 5.41) is 8.75. The molecule has 1 rings (SSSR count). The zero-order valence-electron chi connectivity index (χ0n) is 10.9. The van der Waals surface area contributed by atoms with Crippen LogP contribution in [0.15, 0.2) is 18.2 Å². The van der Waals surface area contributed by atoms with Gasteiger partial charge in [0, 0.05) is 5.54 Å². The standard InChI is InChI=1S/C13H18N2O2S/c1-10-6-11(7-14)4-5-12(10)8-18(16,17)9-13(2,3)15/h4-6H,8-9,15H2,1-3H3. The van der Waals surface area contributed by atoms with E-state index in [-0.39, 0.29) is 11.5 Å². The Kier molecular flexibility index (Phi) is 4.15.